The first kappa shape index (κ1) is 14.3. The Morgan fingerprint density at radius 3 is 2.72 bits per heavy atom. The lowest BCUT2D eigenvalue weighted by Gasteiger charge is -2.08. The molecule has 1 aromatic rings. The molecule has 1 rings (SSSR count). The fourth-order valence-corrected chi connectivity index (χ4v) is 1.35. The van der Waals surface area contributed by atoms with Crippen LogP contribution in [0, 0.1) is 0 Å². The summed E-state index contributed by atoms with van der Waals surface area (Å²) in [5.41, 5.74) is 0. The number of methoxy groups -OCH3 is 1. The van der Waals surface area contributed by atoms with Crippen LogP contribution >= 0.6 is 11.6 Å². The van der Waals surface area contributed by atoms with E-state index in [2.05, 4.69) is 10.1 Å². The van der Waals surface area contributed by atoms with E-state index in [0.29, 0.717) is 10.8 Å². The largest absolute Gasteiger partial charge is 0.482 e. The summed E-state index contributed by atoms with van der Waals surface area (Å²) in [6.07, 6.45) is 0.133. The van der Waals surface area contributed by atoms with Crippen molar-refractivity contribution in [3.8, 4) is 5.75 Å². The third kappa shape index (κ3) is 5.05. The van der Waals surface area contributed by atoms with E-state index in [-0.39, 0.29) is 31.4 Å². The number of esters is 1. The molecular formula is C12H14ClNO4. The molecule has 0 heterocycles. The van der Waals surface area contributed by atoms with Gasteiger partial charge in [-0.25, -0.2) is 0 Å². The SMILES string of the molecule is COC(=O)CCNC(=O)COc1ccccc1Cl. The molecule has 1 aromatic carbocycles. The lowest BCUT2D eigenvalue weighted by Crippen LogP contribution is -2.30. The molecule has 1 amide bonds. The Hall–Kier alpha value is -1.75. The molecule has 0 fully saturated rings. The van der Waals surface area contributed by atoms with Crippen LogP contribution in [0.4, 0.5) is 0 Å². The molecule has 18 heavy (non-hydrogen) atoms. The van der Waals surface area contributed by atoms with Gasteiger partial charge in [0.15, 0.2) is 6.61 Å². The van der Waals surface area contributed by atoms with Crippen LogP contribution in [0.25, 0.3) is 0 Å². The van der Waals surface area contributed by atoms with Gasteiger partial charge in [0.25, 0.3) is 5.91 Å². The van der Waals surface area contributed by atoms with Crippen molar-refractivity contribution < 1.29 is 19.1 Å². The Labute approximate surface area is 110 Å². The maximum atomic E-state index is 11.4. The Morgan fingerprint density at radius 1 is 1.33 bits per heavy atom. The average molecular weight is 272 g/mol. The maximum absolute atomic E-state index is 11.4. The van der Waals surface area contributed by atoms with Gasteiger partial charge in [-0.1, -0.05) is 23.7 Å². The Kier molecular flexibility index (Phi) is 6.00. The van der Waals surface area contributed by atoms with Crippen LogP contribution in [-0.4, -0.2) is 32.1 Å². The van der Waals surface area contributed by atoms with Gasteiger partial charge >= 0.3 is 5.97 Å². The second-order valence-electron chi connectivity index (χ2n) is 3.40. The minimum absolute atomic E-state index is 0.133. The summed E-state index contributed by atoms with van der Waals surface area (Å²) in [6, 6.07) is 6.87. The number of nitrogens with one attached hydrogen (secondary N) is 1. The minimum atomic E-state index is -0.373. The van der Waals surface area contributed by atoms with Crippen LogP contribution in [0.1, 0.15) is 6.42 Å². The van der Waals surface area contributed by atoms with Gasteiger partial charge in [0.05, 0.1) is 18.6 Å². The van der Waals surface area contributed by atoms with Gasteiger partial charge in [0.2, 0.25) is 0 Å². The quantitative estimate of drug-likeness (QED) is 0.795. The van der Waals surface area contributed by atoms with E-state index in [1.54, 1.807) is 24.3 Å². The van der Waals surface area contributed by atoms with Gasteiger partial charge in [-0.05, 0) is 12.1 Å². The van der Waals surface area contributed by atoms with Crippen LogP contribution in [0.2, 0.25) is 5.02 Å². The monoisotopic (exact) mass is 271 g/mol. The van der Waals surface area contributed by atoms with Crippen LogP contribution in [0.15, 0.2) is 24.3 Å². The van der Waals surface area contributed by atoms with Gasteiger partial charge in [-0.2, -0.15) is 0 Å². The first-order valence-electron chi connectivity index (χ1n) is 5.34. The molecule has 0 bridgehead atoms. The molecule has 0 aliphatic carbocycles. The third-order valence-electron chi connectivity index (χ3n) is 2.07. The summed E-state index contributed by atoms with van der Waals surface area (Å²) in [6.45, 7) is 0.0717. The molecular weight excluding hydrogens is 258 g/mol. The summed E-state index contributed by atoms with van der Waals surface area (Å²) in [4.78, 5) is 22.2. The van der Waals surface area contributed by atoms with Crippen molar-refractivity contribution in [2.45, 2.75) is 6.42 Å². The smallest absolute Gasteiger partial charge is 0.307 e. The van der Waals surface area contributed by atoms with E-state index < -0.39 is 0 Å². The number of rotatable bonds is 6. The van der Waals surface area contributed by atoms with Crippen molar-refractivity contribution in [2.75, 3.05) is 20.3 Å². The lowest BCUT2D eigenvalue weighted by atomic mass is 10.3. The molecule has 1 N–H and O–H groups in total. The van der Waals surface area contributed by atoms with Gasteiger partial charge in [-0.15, -0.1) is 0 Å². The lowest BCUT2D eigenvalue weighted by molar-refractivity contribution is -0.140. The summed E-state index contributed by atoms with van der Waals surface area (Å²) in [7, 11) is 1.30. The number of ether oxygens (including phenoxy) is 2. The van der Waals surface area contributed by atoms with Crippen molar-refractivity contribution in [1.82, 2.24) is 5.32 Å². The Bertz CT molecular complexity index is 422. The highest BCUT2D eigenvalue weighted by Gasteiger charge is 2.06. The fraction of sp³-hybridized carbons (Fsp3) is 0.333. The summed E-state index contributed by atoms with van der Waals surface area (Å²) >= 11 is 5.85. The zero-order valence-electron chi connectivity index (χ0n) is 9.94. The highest BCUT2D eigenvalue weighted by Crippen LogP contribution is 2.22. The molecule has 0 atom stereocenters. The molecule has 0 aromatic heterocycles. The Balaban J connectivity index is 2.25. The number of carbonyl (C=O) groups excluding carboxylic acids is 2. The molecule has 6 heteroatoms. The standard InChI is InChI=1S/C12H14ClNO4/c1-17-12(16)6-7-14-11(15)8-18-10-5-3-2-4-9(10)13/h2-5H,6-8H2,1H3,(H,14,15). The second kappa shape index (κ2) is 7.55. The fourth-order valence-electron chi connectivity index (χ4n) is 1.16. The normalized spacial score (nSPS) is 9.67. The molecule has 0 saturated carbocycles. The molecule has 0 saturated heterocycles. The van der Waals surface area contributed by atoms with Crippen molar-refractivity contribution in [1.29, 1.82) is 0 Å². The number of hydrogen-bond donors (Lipinski definition) is 1. The van der Waals surface area contributed by atoms with E-state index in [4.69, 9.17) is 16.3 Å². The number of hydrogen-bond acceptors (Lipinski definition) is 4. The first-order chi connectivity index (χ1) is 8.63. The zero-order chi connectivity index (χ0) is 13.4. The predicted octanol–water partition coefficient (Wildman–Crippen LogP) is 1.40. The van der Waals surface area contributed by atoms with E-state index in [0.717, 1.165) is 0 Å². The van der Waals surface area contributed by atoms with Gasteiger partial charge in [-0.3, -0.25) is 9.59 Å². The maximum Gasteiger partial charge on any atom is 0.307 e. The molecule has 5 nitrogen and oxygen atoms in total. The first-order valence-corrected chi connectivity index (χ1v) is 5.72. The molecule has 98 valence electrons. The molecule has 0 unspecified atom stereocenters. The Morgan fingerprint density at radius 2 is 2.06 bits per heavy atom. The summed E-state index contributed by atoms with van der Waals surface area (Å²) in [5.74, 6) is -0.247. The van der Waals surface area contributed by atoms with Gasteiger partial charge in [0.1, 0.15) is 5.75 Å². The van der Waals surface area contributed by atoms with E-state index >= 15 is 0 Å². The van der Waals surface area contributed by atoms with Crippen molar-refractivity contribution in [3.63, 3.8) is 0 Å². The van der Waals surface area contributed by atoms with Crippen molar-refractivity contribution in [3.05, 3.63) is 29.3 Å². The number of para-hydroxylation sites is 1. The third-order valence-corrected chi connectivity index (χ3v) is 2.39. The van der Waals surface area contributed by atoms with Crippen LogP contribution < -0.4 is 10.1 Å². The average Bonchev–Trinajstić information content (AvgIpc) is 2.37. The van der Waals surface area contributed by atoms with Crippen molar-refractivity contribution >= 4 is 23.5 Å². The van der Waals surface area contributed by atoms with Gasteiger partial charge < -0.3 is 14.8 Å². The second-order valence-corrected chi connectivity index (χ2v) is 3.80. The van der Waals surface area contributed by atoms with Crippen LogP contribution in [-0.2, 0) is 14.3 Å². The molecule has 0 aliphatic rings. The van der Waals surface area contributed by atoms with Crippen LogP contribution in [0.3, 0.4) is 0 Å². The molecule has 0 aliphatic heterocycles. The van der Waals surface area contributed by atoms with Crippen LogP contribution in [0.5, 0.6) is 5.75 Å². The number of carbonyl (C=O) groups is 2. The zero-order valence-corrected chi connectivity index (χ0v) is 10.7. The predicted molar refractivity (Wildman–Crippen MR) is 66.6 cm³/mol. The highest BCUT2D eigenvalue weighted by molar-refractivity contribution is 6.32. The van der Waals surface area contributed by atoms with E-state index in [1.807, 2.05) is 0 Å². The topological polar surface area (TPSA) is 64.6 Å². The van der Waals surface area contributed by atoms with E-state index in [1.165, 1.54) is 7.11 Å². The highest BCUT2D eigenvalue weighted by atomic mass is 35.5. The van der Waals surface area contributed by atoms with E-state index in [9.17, 15) is 9.59 Å². The van der Waals surface area contributed by atoms with Crippen molar-refractivity contribution in [2.24, 2.45) is 0 Å². The molecule has 0 spiro atoms. The number of amides is 1. The summed E-state index contributed by atoms with van der Waals surface area (Å²) in [5, 5.41) is 2.97. The summed E-state index contributed by atoms with van der Waals surface area (Å²) < 4.78 is 9.66. The molecule has 0 radical (unpaired) electrons. The number of halogens is 1. The number of benzene rings is 1. The van der Waals surface area contributed by atoms with Gasteiger partial charge in [0, 0.05) is 6.54 Å². The minimum Gasteiger partial charge on any atom is -0.482 e.